The van der Waals surface area contributed by atoms with Crippen molar-refractivity contribution >= 4 is 34.4 Å². The molecular formula is C16H15N5OS3. The van der Waals surface area contributed by atoms with Crippen LogP contribution in [0.2, 0.25) is 0 Å². The number of nitrogens with zero attached hydrogens (tertiary/aromatic N) is 5. The molecule has 0 saturated carbocycles. The van der Waals surface area contributed by atoms with Crippen molar-refractivity contribution in [1.29, 1.82) is 0 Å². The Morgan fingerprint density at radius 2 is 1.84 bits per heavy atom. The van der Waals surface area contributed by atoms with Gasteiger partial charge >= 0.3 is 0 Å². The van der Waals surface area contributed by atoms with E-state index in [0.717, 1.165) is 27.3 Å². The number of thiophene rings is 2. The molecule has 4 heterocycles. The first-order valence-electron chi connectivity index (χ1n) is 7.77. The minimum atomic E-state index is -0.00750. The Morgan fingerprint density at radius 1 is 1.08 bits per heavy atom. The molecule has 9 heteroatoms. The van der Waals surface area contributed by atoms with Gasteiger partial charge < -0.3 is 8.98 Å². The number of aromatic nitrogens is 5. The molecule has 4 rings (SSSR count). The van der Waals surface area contributed by atoms with Crippen molar-refractivity contribution in [2.45, 2.75) is 30.8 Å². The third kappa shape index (κ3) is 3.26. The van der Waals surface area contributed by atoms with E-state index >= 15 is 0 Å². The average Bonchev–Trinajstić information content (AvgIpc) is 3.40. The molecule has 0 aliphatic heterocycles. The first kappa shape index (κ1) is 16.5. The molecule has 1 atom stereocenters. The quantitative estimate of drug-likeness (QED) is 0.433. The summed E-state index contributed by atoms with van der Waals surface area (Å²) in [4.78, 5) is 2.10. The molecule has 0 saturated heterocycles. The van der Waals surface area contributed by atoms with Gasteiger partial charge in [0.15, 0.2) is 11.0 Å². The van der Waals surface area contributed by atoms with Crippen LogP contribution in [0.5, 0.6) is 0 Å². The molecule has 0 fully saturated rings. The molecule has 128 valence electrons. The van der Waals surface area contributed by atoms with Gasteiger partial charge in [-0.2, -0.15) is 0 Å². The summed E-state index contributed by atoms with van der Waals surface area (Å²) in [5.41, 5.74) is 0. The fourth-order valence-electron chi connectivity index (χ4n) is 2.36. The summed E-state index contributed by atoms with van der Waals surface area (Å²) in [5, 5.41) is 21.9. The highest BCUT2D eigenvalue weighted by Crippen LogP contribution is 2.36. The van der Waals surface area contributed by atoms with Crippen molar-refractivity contribution in [3.63, 3.8) is 0 Å². The Morgan fingerprint density at radius 3 is 2.52 bits per heavy atom. The second-order valence-electron chi connectivity index (χ2n) is 5.21. The molecule has 25 heavy (non-hydrogen) atoms. The largest absolute Gasteiger partial charge is 0.419 e. The monoisotopic (exact) mass is 389 g/mol. The van der Waals surface area contributed by atoms with Gasteiger partial charge in [-0.25, -0.2) is 0 Å². The maximum atomic E-state index is 5.83. The maximum Gasteiger partial charge on any atom is 0.257 e. The lowest BCUT2D eigenvalue weighted by molar-refractivity contribution is 0.509. The van der Waals surface area contributed by atoms with E-state index < -0.39 is 0 Å². The van der Waals surface area contributed by atoms with Gasteiger partial charge in [-0.3, -0.25) is 0 Å². The van der Waals surface area contributed by atoms with E-state index in [0.29, 0.717) is 11.8 Å². The zero-order valence-electron chi connectivity index (χ0n) is 13.6. The summed E-state index contributed by atoms with van der Waals surface area (Å²) in [7, 11) is 0. The van der Waals surface area contributed by atoms with Gasteiger partial charge in [0, 0.05) is 6.54 Å². The number of hydrogen-bond donors (Lipinski definition) is 0. The summed E-state index contributed by atoms with van der Waals surface area (Å²) in [6.07, 6.45) is 0. The van der Waals surface area contributed by atoms with Gasteiger partial charge in [0.25, 0.3) is 5.89 Å². The number of hydrogen-bond acceptors (Lipinski definition) is 8. The van der Waals surface area contributed by atoms with Crippen LogP contribution in [0, 0.1) is 0 Å². The van der Waals surface area contributed by atoms with Crippen molar-refractivity contribution in [3.8, 4) is 21.5 Å². The Kier molecular flexibility index (Phi) is 4.69. The van der Waals surface area contributed by atoms with Crippen LogP contribution in [0.25, 0.3) is 21.5 Å². The van der Waals surface area contributed by atoms with Gasteiger partial charge in [0.05, 0.1) is 15.0 Å². The van der Waals surface area contributed by atoms with Crippen LogP contribution in [0.4, 0.5) is 0 Å². The molecule has 6 nitrogen and oxygen atoms in total. The number of thioether (sulfide) groups is 1. The normalized spacial score (nSPS) is 12.6. The van der Waals surface area contributed by atoms with E-state index in [2.05, 4.69) is 38.0 Å². The minimum absolute atomic E-state index is 0.00750. The predicted molar refractivity (Wildman–Crippen MR) is 101 cm³/mol. The standard InChI is InChI=1S/C16H15N5OS3/c1-3-21-13(11-6-4-8-23-11)17-20-16(21)25-10(2)14-18-19-15(22-14)12-7-5-9-24-12/h4-10H,3H2,1-2H3/t10-/m0/s1. The SMILES string of the molecule is CCn1c(S[C@@H](C)c2nnc(-c3cccs3)o2)nnc1-c1cccs1. The summed E-state index contributed by atoms with van der Waals surface area (Å²) in [6.45, 7) is 4.94. The summed E-state index contributed by atoms with van der Waals surface area (Å²) < 4.78 is 7.94. The molecule has 0 aromatic carbocycles. The molecular weight excluding hydrogens is 374 g/mol. The molecule has 0 bridgehead atoms. The molecule has 0 amide bonds. The van der Waals surface area contributed by atoms with Crippen LogP contribution in [0.1, 0.15) is 25.0 Å². The van der Waals surface area contributed by atoms with E-state index in [9.17, 15) is 0 Å². The van der Waals surface area contributed by atoms with Crippen molar-refractivity contribution in [2.24, 2.45) is 0 Å². The lowest BCUT2D eigenvalue weighted by Crippen LogP contribution is -2.00. The van der Waals surface area contributed by atoms with Gasteiger partial charge in [-0.15, -0.1) is 43.1 Å². The Labute approximate surface area is 156 Å². The predicted octanol–water partition coefficient (Wildman–Crippen LogP) is 4.99. The fourth-order valence-corrected chi connectivity index (χ4v) is 4.66. The zero-order chi connectivity index (χ0) is 17.2. The summed E-state index contributed by atoms with van der Waals surface area (Å²) >= 11 is 4.83. The lowest BCUT2D eigenvalue weighted by atomic mass is 10.4. The Bertz CT molecular complexity index is 943. The van der Waals surface area contributed by atoms with Crippen LogP contribution in [-0.4, -0.2) is 25.0 Å². The Hall–Kier alpha value is -1.97. The topological polar surface area (TPSA) is 69.6 Å². The maximum absolute atomic E-state index is 5.83. The van der Waals surface area contributed by atoms with E-state index in [-0.39, 0.29) is 5.25 Å². The highest BCUT2D eigenvalue weighted by molar-refractivity contribution is 7.99. The second kappa shape index (κ2) is 7.11. The van der Waals surface area contributed by atoms with E-state index in [1.54, 1.807) is 34.4 Å². The van der Waals surface area contributed by atoms with Gasteiger partial charge in [-0.05, 0) is 36.7 Å². The number of rotatable bonds is 6. The van der Waals surface area contributed by atoms with Crippen molar-refractivity contribution in [1.82, 2.24) is 25.0 Å². The molecule has 0 radical (unpaired) electrons. The van der Waals surface area contributed by atoms with Gasteiger partial charge in [-0.1, -0.05) is 23.9 Å². The first-order valence-corrected chi connectivity index (χ1v) is 10.4. The van der Waals surface area contributed by atoms with E-state index in [1.807, 2.05) is 35.9 Å². The van der Waals surface area contributed by atoms with E-state index in [1.165, 1.54) is 0 Å². The first-order chi connectivity index (χ1) is 12.3. The van der Waals surface area contributed by atoms with Crippen LogP contribution < -0.4 is 0 Å². The molecule has 4 aromatic heterocycles. The van der Waals surface area contributed by atoms with Crippen LogP contribution in [0.15, 0.2) is 44.6 Å². The van der Waals surface area contributed by atoms with Gasteiger partial charge in [0.1, 0.15) is 0 Å². The summed E-state index contributed by atoms with van der Waals surface area (Å²) in [5.74, 6) is 2.06. The van der Waals surface area contributed by atoms with E-state index in [4.69, 9.17) is 4.42 Å². The molecule has 0 N–H and O–H groups in total. The van der Waals surface area contributed by atoms with Crippen molar-refractivity contribution in [2.75, 3.05) is 0 Å². The van der Waals surface area contributed by atoms with Crippen LogP contribution in [-0.2, 0) is 6.54 Å². The molecule has 0 unspecified atom stereocenters. The van der Waals surface area contributed by atoms with Crippen LogP contribution >= 0.6 is 34.4 Å². The van der Waals surface area contributed by atoms with Gasteiger partial charge in [0.2, 0.25) is 5.89 Å². The molecule has 0 aliphatic rings. The third-order valence-corrected chi connectivity index (χ3v) is 6.37. The third-order valence-electron chi connectivity index (χ3n) is 3.58. The highest BCUT2D eigenvalue weighted by atomic mass is 32.2. The molecule has 4 aromatic rings. The zero-order valence-corrected chi connectivity index (χ0v) is 16.1. The second-order valence-corrected chi connectivity index (χ2v) is 8.41. The smallest absolute Gasteiger partial charge is 0.257 e. The molecule has 0 spiro atoms. The summed E-state index contributed by atoms with van der Waals surface area (Å²) in [6, 6.07) is 8.03. The van der Waals surface area contributed by atoms with Crippen molar-refractivity contribution in [3.05, 3.63) is 40.9 Å². The minimum Gasteiger partial charge on any atom is -0.419 e. The Balaban J connectivity index is 1.56. The highest BCUT2D eigenvalue weighted by Gasteiger charge is 2.21. The average molecular weight is 390 g/mol. The molecule has 0 aliphatic carbocycles. The fraction of sp³-hybridized carbons (Fsp3) is 0.250. The van der Waals surface area contributed by atoms with Crippen molar-refractivity contribution < 1.29 is 4.42 Å². The lowest BCUT2D eigenvalue weighted by Gasteiger charge is -2.08. The van der Waals surface area contributed by atoms with Crippen LogP contribution in [0.3, 0.4) is 0 Å².